The summed E-state index contributed by atoms with van der Waals surface area (Å²) in [6, 6.07) is 9.25. The van der Waals surface area contributed by atoms with Crippen LogP contribution in [0.1, 0.15) is 24.9 Å². The minimum Gasteiger partial charge on any atom is -0.383 e. The van der Waals surface area contributed by atoms with Gasteiger partial charge in [0, 0.05) is 7.11 Å². The van der Waals surface area contributed by atoms with Gasteiger partial charge in [0.1, 0.15) is 6.04 Å². The van der Waals surface area contributed by atoms with Gasteiger partial charge in [0.15, 0.2) is 0 Å². The molecule has 0 radical (unpaired) electrons. The fourth-order valence-corrected chi connectivity index (χ4v) is 1.64. The average molecular weight is 236 g/mol. The van der Waals surface area contributed by atoms with Gasteiger partial charge in [0.2, 0.25) is 5.91 Å². The standard InChI is InChI=1S/C13H20N2O2/c1-3-12(10-7-5-4-6-8-10)15-13(16)11(14)9-17-2/h4-8,11-12H,3,9,14H2,1-2H3,(H,15,16). The van der Waals surface area contributed by atoms with Gasteiger partial charge in [-0.15, -0.1) is 0 Å². The SMILES string of the molecule is CCC(NC(=O)C(N)COC)c1ccccc1. The third kappa shape index (κ3) is 4.17. The molecule has 0 saturated heterocycles. The van der Waals surface area contributed by atoms with Crippen molar-refractivity contribution in [1.29, 1.82) is 0 Å². The Balaban J connectivity index is 2.62. The fraction of sp³-hybridized carbons (Fsp3) is 0.462. The molecule has 2 unspecified atom stereocenters. The molecule has 0 bridgehead atoms. The quantitative estimate of drug-likeness (QED) is 0.780. The first-order chi connectivity index (χ1) is 8.19. The normalized spacial score (nSPS) is 14.1. The van der Waals surface area contributed by atoms with Crippen molar-refractivity contribution < 1.29 is 9.53 Å². The highest BCUT2D eigenvalue weighted by molar-refractivity contribution is 5.82. The van der Waals surface area contributed by atoms with Crippen LogP contribution in [0.4, 0.5) is 0 Å². The van der Waals surface area contributed by atoms with Gasteiger partial charge in [-0.2, -0.15) is 0 Å². The molecule has 0 saturated carbocycles. The van der Waals surface area contributed by atoms with E-state index in [4.69, 9.17) is 10.5 Å². The Bertz CT molecular complexity index is 341. The molecule has 0 spiro atoms. The van der Waals surface area contributed by atoms with E-state index in [1.165, 1.54) is 7.11 Å². The van der Waals surface area contributed by atoms with Gasteiger partial charge >= 0.3 is 0 Å². The first kappa shape index (κ1) is 13.7. The lowest BCUT2D eigenvalue weighted by Crippen LogP contribution is -2.44. The maximum absolute atomic E-state index is 11.8. The molecule has 0 fully saturated rings. The molecule has 4 nitrogen and oxygen atoms in total. The van der Waals surface area contributed by atoms with Crippen molar-refractivity contribution in [2.24, 2.45) is 5.73 Å². The Morgan fingerprint density at radius 3 is 2.59 bits per heavy atom. The van der Waals surface area contributed by atoms with E-state index >= 15 is 0 Å². The maximum Gasteiger partial charge on any atom is 0.239 e. The summed E-state index contributed by atoms with van der Waals surface area (Å²) in [7, 11) is 1.53. The second kappa shape index (κ2) is 7.04. The zero-order chi connectivity index (χ0) is 12.7. The number of methoxy groups -OCH3 is 1. The van der Waals surface area contributed by atoms with Crippen LogP contribution in [0, 0.1) is 0 Å². The Hall–Kier alpha value is -1.39. The molecule has 1 amide bonds. The van der Waals surface area contributed by atoms with E-state index in [0.29, 0.717) is 0 Å². The van der Waals surface area contributed by atoms with Crippen molar-refractivity contribution in [2.45, 2.75) is 25.4 Å². The van der Waals surface area contributed by atoms with Crippen molar-refractivity contribution in [3.63, 3.8) is 0 Å². The van der Waals surface area contributed by atoms with E-state index < -0.39 is 6.04 Å². The van der Waals surface area contributed by atoms with E-state index in [9.17, 15) is 4.79 Å². The highest BCUT2D eigenvalue weighted by Crippen LogP contribution is 2.15. The Morgan fingerprint density at radius 2 is 2.06 bits per heavy atom. The Labute approximate surface area is 102 Å². The van der Waals surface area contributed by atoms with Gasteiger partial charge < -0.3 is 15.8 Å². The first-order valence-corrected chi connectivity index (χ1v) is 5.78. The number of benzene rings is 1. The topological polar surface area (TPSA) is 64.4 Å². The molecular weight excluding hydrogens is 216 g/mol. The number of rotatable bonds is 6. The fourth-order valence-electron chi connectivity index (χ4n) is 1.64. The Kier molecular flexibility index (Phi) is 5.66. The van der Waals surface area contributed by atoms with Crippen LogP contribution >= 0.6 is 0 Å². The van der Waals surface area contributed by atoms with Crippen LogP contribution in [0.2, 0.25) is 0 Å². The number of carbonyl (C=O) groups excluding carboxylic acids is 1. The highest BCUT2D eigenvalue weighted by atomic mass is 16.5. The molecule has 94 valence electrons. The van der Waals surface area contributed by atoms with Crippen LogP contribution in [-0.2, 0) is 9.53 Å². The Morgan fingerprint density at radius 1 is 1.41 bits per heavy atom. The predicted octanol–water partition coefficient (Wildman–Crippen LogP) is 1.23. The molecule has 3 N–H and O–H groups in total. The van der Waals surface area contributed by atoms with Gasteiger partial charge in [-0.3, -0.25) is 4.79 Å². The summed E-state index contributed by atoms with van der Waals surface area (Å²) in [6.45, 7) is 2.26. The summed E-state index contributed by atoms with van der Waals surface area (Å²) in [4.78, 5) is 11.8. The molecule has 1 aromatic carbocycles. The third-order valence-electron chi connectivity index (χ3n) is 2.61. The molecule has 0 aromatic heterocycles. The predicted molar refractivity (Wildman–Crippen MR) is 67.5 cm³/mol. The number of nitrogens with two attached hydrogens (primary N) is 1. The lowest BCUT2D eigenvalue weighted by Gasteiger charge is -2.19. The zero-order valence-corrected chi connectivity index (χ0v) is 10.3. The van der Waals surface area contributed by atoms with Crippen LogP contribution in [0.5, 0.6) is 0 Å². The number of nitrogens with one attached hydrogen (secondary N) is 1. The first-order valence-electron chi connectivity index (χ1n) is 5.78. The smallest absolute Gasteiger partial charge is 0.239 e. The molecule has 2 atom stereocenters. The lowest BCUT2D eigenvalue weighted by molar-refractivity contribution is -0.124. The molecule has 1 aromatic rings. The molecular formula is C13H20N2O2. The van der Waals surface area contributed by atoms with Crippen molar-refractivity contribution in [3.05, 3.63) is 35.9 Å². The van der Waals surface area contributed by atoms with E-state index in [-0.39, 0.29) is 18.6 Å². The number of hydrogen-bond acceptors (Lipinski definition) is 3. The zero-order valence-electron chi connectivity index (χ0n) is 10.3. The summed E-state index contributed by atoms with van der Waals surface area (Å²) in [6.07, 6.45) is 0.829. The van der Waals surface area contributed by atoms with E-state index in [1.54, 1.807) is 0 Å². The summed E-state index contributed by atoms with van der Waals surface area (Å²) < 4.78 is 4.86. The molecule has 4 heteroatoms. The highest BCUT2D eigenvalue weighted by Gasteiger charge is 2.17. The van der Waals surface area contributed by atoms with E-state index in [1.807, 2.05) is 37.3 Å². The molecule has 17 heavy (non-hydrogen) atoms. The maximum atomic E-state index is 11.8. The van der Waals surface area contributed by atoms with Gasteiger partial charge in [-0.25, -0.2) is 0 Å². The number of ether oxygens (including phenoxy) is 1. The third-order valence-corrected chi connectivity index (χ3v) is 2.61. The van der Waals surface area contributed by atoms with Crippen molar-refractivity contribution in [3.8, 4) is 0 Å². The molecule has 1 rings (SSSR count). The second-order valence-corrected chi connectivity index (χ2v) is 3.94. The molecule has 0 aliphatic heterocycles. The molecule has 0 heterocycles. The van der Waals surface area contributed by atoms with E-state index in [0.717, 1.165) is 12.0 Å². The largest absolute Gasteiger partial charge is 0.383 e. The lowest BCUT2D eigenvalue weighted by atomic mass is 10.0. The van der Waals surface area contributed by atoms with Gasteiger partial charge in [0.25, 0.3) is 0 Å². The van der Waals surface area contributed by atoms with Gasteiger partial charge in [0.05, 0.1) is 12.6 Å². The number of amides is 1. The van der Waals surface area contributed by atoms with E-state index in [2.05, 4.69) is 5.32 Å². The van der Waals surface area contributed by atoms with Crippen molar-refractivity contribution >= 4 is 5.91 Å². The summed E-state index contributed by atoms with van der Waals surface area (Å²) in [5.74, 6) is -0.178. The molecule has 0 aliphatic rings. The molecule has 0 aliphatic carbocycles. The summed E-state index contributed by atoms with van der Waals surface area (Å²) in [5.41, 5.74) is 6.76. The number of hydrogen-bond donors (Lipinski definition) is 2. The van der Waals surface area contributed by atoms with Crippen LogP contribution in [-0.4, -0.2) is 25.7 Å². The monoisotopic (exact) mass is 236 g/mol. The van der Waals surface area contributed by atoms with Crippen LogP contribution in [0.3, 0.4) is 0 Å². The summed E-state index contributed by atoms with van der Waals surface area (Å²) in [5, 5.41) is 2.92. The number of carbonyl (C=O) groups is 1. The average Bonchev–Trinajstić information content (AvgIpc) is 2.37. The minimum atomic E-state index is -0.613. The summed E-state index contributed by atoms with van der Waals surface area (Å²) >= 11 is 0. The van der Waals surface area contributed by atoms with Crippen LogP contribution in [0.25, 0.3) is 0 Å². The van der Waals surface area contributed by atoms with Gasteiger partial charge in [-0.05, 0) is 12.0 Å². The van der Waals surface area contributed by atoms with Crippen LogP contribution in [0.15, 0.2) is 30.3 Å². The van der Waals surface area contributed by atoms with Gasteiger partial charge in [-0.1, -0.05) is 37.3 Å². The van der Waals surface area contributed by atoms with Crippen molar-refractivity contribution in [2.75, 3.05) is 13.7 Å². The van der Waals surface area contributed by atoms with Crippen LogP contribution < -0.4 is 11.1 Å². The second-order valence-electron chi connectivity index (χ2n) is 3.94. The van der Waals surface area contributed by atoms with Crippen molar-refractivity contribution in [1.82, 2.24) is 5.32 Å². The minimum absolute atomic E-state index is 0.00612.